The van der Waals surface area contributed by atoms with E-state index < -0.39 is 6.36 Å². The Labute approximate surface area is 117 Å². The molecule has 1 aromatic carbocycles. The summed E-state index contributed by atoms with van der Waals surface area (Å²) in [6.45, 7) is 1.85. The van der Waals surface area contributed by atoms with E-state index in [0.29, 0.717) is 0 Å². The van der Waals surface area contributed by atoms with Crippen LogP contribution in [0.25, 0.3) is 0 Å². The lowest BCUT2D eigenvalue weighted by Gasteiger charge is -2.13. The molecule has 7 heteroatoms. The Morgan fingerprint density at radius 1 is 1.37 bits per heavy atom. The molecule has 106 valence electrons. The predicted octanol–water partition coefficient (Wildman–Crippen LogP) is 3.49. The van der Waals surface area contributed by atoms with Crippen LogP contribution in [0.3, 0.4) is 0 Å². The van der Waals surface area contributed by atoms with Gasteiger partial charge in [-0.05, 0) is 37.6 Å². The van der Waals surface area contributed by atoms with E-state index in [-0.39, 0.29) is 23.3 Å². The van der Waals surface area contributed by atoms with Gasteiger partial charge in [-0.25, -0.2) is 0 Å². The Kier molecular flexibility index (Phi) is 5.65. The maximum Gasteiger partial charge on any atom is 0.573 e. The molecule has 0 spiro atoms. The van der Waals surface area contributed by atoms with Crippen LogP contribution in [0.15, 0.2) is 24.3 Å². The predicted molar refractivity (Wildman–Crippen MR) is 68.5 cm³/mol. The number of nitrogens with one attached hydrogen (secondary N) is 1. The molecule has 0 aliphatic heterocycles. The van der Waals surface area contributed by atoms with Crippen molar-refractivity contribution in [3.05, 3.63) is 29.8 Å². The molecule has 0 bridgehead atoms. The van der Waals surface area contributed by atoms with Gasteiger partial charge in [-0.3, -0.25) is 4.79 Å². The van der Waals surface area contributed by atoms with Crippen LogP contribution >= 0.6 is 15.9 Å². The standard InChI is InChI=1S/C12H13BrF3NO2/c1-8(6-7-13)17-11(18)9-2-4-10(5-3-9)19-12(14,15)16/h2-5,8H,6-7H2,1H3,(H,17,18). The summed E-state index contributed by atoms with van der Waals surface area (Å²) < 4.78 is 39.6. The first-order valence-corrected chi connectivity index (χ1v) is 6.66. The van der Waals surface area contributed by atoms with Gasteiger partial charge in [-0.1, -0.05) is 15.9 Å². The molecular formula is C12H13BrF3NO2. The van der Waals surface area contributed by atoms with Gasteiger partial charge < -0.3 is 10.1 Å². The molecule has 0 fully saturated rings. The molecule has 0 heterocycles. The van der Waals surface area contributed by atoms with E-state index in [9.17, 15) is 18.0 Å². The summed E-state index contributed by atoms with van der Waals surface area (Å²) in [5.74, 6) is -0.676. The number of amides is 1. The molecule has 0 saturated carbocycles. The first-order chi connectivity index (χ1) is 8.81. The maximum atomic E-state index is 12.0. The third-order valence-corrected chi connectivity index (χ3v) is 2.73. The van der Waals surface area contributed by atoms with Crippen molar-refractivity contribution in [3.63, 3.8) is 0 Å². The van der Waals surface area contributed by atoms with Crippen LogP contribution in [0.5, 0.6) is 5.75 Å². The minimum Gasteiger partial charge on any atom is -0.406 e. The Balaban J connectivity index is 2.63. The third kappa shape index (κ3) is 5.96. The van der Waals surface area contributed by atoms with Crippen LogP contribution in [0.1, 0.15) is 23.7 Å². The summed E-state index contributed by atoms with van der Waals surface area (Å²) in [6.07, 6.45) is -3.96. The van der Waals surface area contributed by atoms with Gasteiger partial charge in [0.25, 0.3) is 5.91 Å². The average molecular weight is 340 g/mol. The molecule has 1 rings (SSSR count). The SMILES string of the molecule is CC(CCBr)NC(=O)c1ccc(OC(F)(F)F)cc1. The number of hydrogen-bond acceptors (Lipinski definition) is 2. The van der Waals surface area contributed by atoms with Crippen molar-refractivity contribution >= 4 is 21.8 Å². The summed E-state index contributed by atoms with van der Waals surface area (Å²) in [7, 11) is 0. The number of carbonyl (C=O) groups is 1. The first kappa shape index (κ1) is 15.8. The third-order valence-electron chi connectivity index (χ3n) is 2.27. The van der Waals surface area contributed by atoms with Gasteiger partial charge >= 0.3 is 6.36 Å². The highest BCUT2D eigenvalue weighted by Crippen LogP contribution is 2.22. The molecule has 1 N–H and O–H groups in total. The van der Waals surface area contributed by atoms with Crippen molar-refractivity contribution in [2.45, 2.75) is 25.7 Å². The van der Waals surface area contributed by atoms with Gasteiger partial charge in [0.1, 0.15) is 5.75 Å². The Bertz CT molecular complexity index is 420. The fourth-order valence-electron chi connectivity index (χ4n) is 1.35. The quantitative estimate of drug-likeness (QED) is 0.834. The molecule has 1 atom stereocenters. The fourth-order valence-corrected chi connectivity index (χ4v) is 2.04. The number of hydrogen-bond donors (Lipinski definition) is 1. The number of halogens is 4. The molecule has 1 unspecified atom stereocenters. The zero-order valence-electron chi connectivity index (χ0n) is 10.1. The first-order valence-electron chi connectivity index (χ1n) is 5.54. The van der Waals surface area contributed by atoms with Crippen LogP contribution in [-0.2, 0) is 0 Å². The zero-order chi connectivity index (χ0) is 14.5. The van der Waals surface area contributed by atoms with E-state index in [2.05, 4.69) is 26.0 Å². The Morgan fingerprint density at radius 2 is 1.95 bits per heavy atom. The zero-order valence-corrected chi connectivity index (χ0v) is 11.7. The fraction of sp³-hybridized carbons (Fsp3) is 0.417. The van der Waals surface area contributed by atoms with Crippen LogP contribution < -0.4 is 10.1 Å². The van der Waals surface area contributed by atoms with Gasteiger partial charge in [0.2, 0.25) is 0 Å². The number of ether oxygens (including phenoxy) is 1. The monoisotopic (exact) mass is 339 g/mol. The van der Waals surface area contributed by atoms with Crippen LogP contribution in [-0.4, -0.2) is 23.6 Å². The van der Waals surface area contributed by atoms with Crippen LogP contribution in [0, 0.1) is 0 Å². The van der Waals surface area contributed by atoms with Gasteiger partial charge in [0, 0.05) is 16.9 Å². The maximum absolute atomic E-state index is 12.0. The lowest BCUT2D eigenvalue weighted by atomic mass is 10.2. The lowest BCUT2D eigenvalue weighted by Crippen LogP contribution is -2.32. The molecule has 0 aliphatic carbocycles. The second kappa shape index (κ2) is 6.79. The van der Waals surface area contributed by atoms with Crippen molar-refractivity contribution in [1.29, 1.82) is 0 Å². The summed E-state index contributed by atoms with van der Waals surface area (Å²) in [5.41, 5.74) is 0.288. The molecule has 0 radical (unpaired) electrons. The van der Waals surface area contributed by atoms with Crippen LogP contribution in [0.4, 0.5) is 13.2 Å². The van der Waals surface area contributed by atoms with E-state index in [0.717, 1.165) is 23.9 Å². The number of carbonyl (C=O) groups excluding carboxylic acids is 1. The van der Waals surface area contributed by atoms with Crippen molar-refractivity contribution in [2.24, 2.45) is 0 Å². The molecule has 3 nitrogen and oxygen atoms in total. The van der Waals surface area contributed by atoms with E-state index >= 15 is 0 Å². The summed E-state index contributed by atoms with van der Waals surface area (Å²) in [6, 6.07) is 4.78. The summed E-state index contributed by atoms with van der Waals surface area (Å²) in [5, 5.41) is 3.49. The molecule has 0 aromatic heterocycles. The Hall–Kier alpha value is -1.24. The van der Waals surface area contributed by atoms with Gasteiger partial charge in [-0.2, -0.15) is 0 Å². The van der Waals surface area contributed by atoms with E-state index in [1.165, 1.54) is 12.1 Å². The lowest BCUT2D eigenvalue weighted by molar-refractivity contribution is -0.274. The second-order valence-corrected chi connectivity index (χ2v) is 4.72. The number of benzene rings is 1. The van der Waals surface area contributed by atoms with E-state index in [4.69, 9.17) is 0 Å². The minimum atomic E-state index is -4.73. The highest BCUT2D eigenvalue weighted by molar-refractivity contribution is 9.09. The summed E-state index contributed by atoms with van der Waals surface area (Å²) >= 11 is 3.26. The highest BCUT2D eigenvalue weighted by atomic mass is 79.9. The molecular weight excluding hydrogens is 327 g/mol. The largest absolute Gasteiger partial charge is 0.573 e. The second-order valence-electron chi connectivity index (χ2n) is 3.92. The number of rotatable bonds is 5. The van der Waals surface area contributed by atoms with E-state index in [1.807, 2.05) is 6.92 Å². The van der Waals surface area contributed by atoms with Crippen LogP contribution in [0.2, 0.25) is 0 Å². The molecule has 19 heavy (non-hydrogen) atoms. The number of alkyl halides is 4. The van der Waals surface area contributed by atoms with Crippen molar-refractivity contribution < 1.29 is 22.7 Å². The van der Waals surface area contributed by atoms with Gasteiger partial charge in [0.15, 0.2) is 0 Å². The molecule has 0 aliphatic rings. The molecule has 1 aromatic rings. The molecule has 1 amide bonds. The van der Waals surface area contributed by atoms with Crippen molar-refractivity contribution in [2.75, 3.05) is 5.33 Å². The molecule has 0 saturated heterocycles. The van der Waals surface area contributed by atoms with Gasteiger partial charge in [-0.15, -0.1) is 13.2 Å². The van der Waals surface area contributed by atoms with Crippen molar-refractivity contribution in [3.8, 4) is 5.75 Å². The smallest absolute Gasteiger partial charge is 0.406 e. The highest BCUT2D eigenvalue weighted by Gasteiger charge is 2.31. The Morgan fingerprint density at radius 3 is 2.42 bits per heavy atom. The topological polar surface area (TPSA) is 38.3 Å². The van der Waals surface area contributed by atoms with E-state index in [1.54, 1.807) is 0 Å². The van der Waals surface area contributed by atoms with Gasteiger partial charge in [0.05, 0.1) is 0 Å². The minimum absolute atomic E-state index is 0.0158. The normalized spacial score (nSPS) is 12.9. The average Bonchev–Trinajstić information content (AvgIpc) is 2.27. The van der Waals surface area contributed by atoms with Crippen molar-refractivity contribution in [1.82, 2.24) is 5.32 Å². The summed E-state index contributed by atoms with van der Waals surface area (Å²) in [4.78, 5) is 11.7.